The summed E-state index contributed by atoms with van der Waals surface area (Å²) in [5.41, 5.74) is 1.49. The third kappa shape index (κ3) is 2.99. The monoisotopic (exact) mass is 328 g/mol. The minimum absolute atomic E-state index is 0.0436. The lowest BCUT2D eigenvalue weighted by atomic mass is 10.0. The van der Waals surface area contributed by atoms with E-state index in [1.165, 1.54) is 12.4 Å². The van der Waals surface area contributed by atoms with Crippen molar-refractivity contribution in [2.24, 2.45) is 0 Å². The minimum atomic E-state index is -0.0732. The van der Waals surface area contributed by atoms with Crippen LogP contribution < -0.4 is 14.2 Å². The highest BCUT2D eigenvalue weighted by Crippen LogP contribution is 2.39. The first-order valence-electron chi connectivity index (χ1n) is 7.85. The van der Waals surface area contributed by atoms with E-state index < -0.39 is 0 Å². The van der Waals surface area contributed by atoms with Gasteiger partial charge >= 0.3 is 0 Å². The van der Waals surface area contributed by atoms with Gasteiger partial charge in [-0.2, -0.15) is 4.73 Å². The van der Waals surface area contributed by atoms with Gasteiger partial charge in [0.05, 0.1) is 25.8 Å². The molecule has 1 aliphatic rings. The molecule has 1 atom stereocenters. The third-order valence-electron chi connectivity index (χ3n) is 4.36. The van der Waals surface area contributed by atoms with Crippen LogP contribution in [0.25, 0.3) is 0 Å². The Labute approximate surface area is 140 Å². The zero-order valence-electron chi connectivity index (χ0n) is 13.8. The van der Waals surface area contributed by atoms with E-state index in [4.69, 9.17) is 9.47 Å². The van der Waals surface area contributed by atoms with Gasteiger partial charge in [0, 0.05) is 30.3 Å². The highest BCUT2D eigenvalue weighted by atomic mass is 16.5. The SMILES string of the molecule is COc1ccc(C2CCCN2C(=O)c2cc[n+]([O-])cc2)c(OC)c1. The second-order valence-electron chi connectivity index (χ2n) is 5.71. The van der Waals surface area contributed by atoms with E-state index in [0.717, 1.165) is 24.2 Å². The number of carbonyl (C=O) groups excluding carboxylic acids is 1. The Morgan fingerprint density at radius 1 is 1.21 bits per heavy atom. The van der Waals surface area contributed by atoms with E-state index in [1.807, 2.05) is 23.1 Å². The summed E-state index contributed by atoms with van der Waals surface area (Å²) in [6, 6.07) is 8.72. The average molecular weight is 328 g/mol. The van der Waals surface area contributed by atoms with Gasteiger partial charge < -0.3 is 19.6 Å². The molecular formula is C18H20N2O4. The number of nitrogens with zero attached hydrogens (tertiary/aromatic N) is 2. The predicted octanol–water partition coefficient (Wildman–Crippen LogP) is 2.31. The Morgan fingerprint density at radius 2 is 1.96 bits per heavy atom. The number of hydrogen-bond acceptors (Lipinski definition) is 4. The van der Waals surface area contributed by atoms with Crippen molar-refractivity contribution in [2.75, 3.05) is 20.8 Å². The van der Waals surface area contributed by atoms with Crippen molar-refractivity contribution in [2.45, 2.75) is 18.9 Å². The summed E-state index contributed by atoms with van der Waals surface area (Å²) in [4.78, 5) is 14.7. The summed E-state index contributed by atoms with van der Waals surface area (Å²) in [5.74, 6) is 1.36. The molecule has 2 aromatic rings. The standard InChI is InChI=1S/C18H20N2O4/c1-23-14-5-6-15(17(12-14)24-2)16-4-3-9-20(16)18(21)13-7-10-19(22)11-8-13/h5-8,10-12,16H,3-4,9H2,1-2H3. The molecule has 1 fully saturated rings. The molecule has 0 saturated carbocycles. The largest absolute Gasteiger partial charge is 0.619 e. The molecule has 0 bridgehead atoms. The number of amides is 1. The Balaban J connectivity index is 1.90. The maximum Gasteiger partial charge on any atom is 0.254 e. The fraction of sp³-hybridized carbons (Fsp3) is 0.333. The van der Waals surface area contributed by atoms with Crippen molar-refractivity contribution in [3.63, 3.8) is 0 Å². The first-order chi connectivity index (χ1) is 11.6. The Hall–Kier alpha value is -2.76. The van der Waals surface area contributed by atoms with Gasteiger partial charge in [-0.25, -0.2) is 0 Å². The van der Waals surface area contributed by atoms with Crippen LogP contribution in [-0.4, -0.2) is 31.6 Å². The van der Waals surface area contributed by atoms with E-state index >= 15 is 0 Å². The maximum absolute atomic E-state index is 12.8. The van der Waals surface area contributed by atoms with Crippen LogP contribution in [-0.2, 0) is 0 Å². The minimum Gasteiger partial charge on any atom is -0.619 e. The van der Waals surface area contributed by atoms with Gasteiger partial charge in [-0.05, 0) is 25.0 Å². The van der Waals surface area contributed by atoms with Gasteiger partial charge in [-0.15, -0.1) is 0 Å². The topological polar surface area (TPSA) is 65.7 Å². The molecule has 3 rings (SSSR count). The lowest BCUT2D eigenvalue weighted by molar-refractivity contribution is -0.605. The highest BCUT2D eigenvalue weighted by molar-refractivity contribution is 5.94. The van der Waals surface area contributed by atoms with Gasteiger partial charge in [0.2, 0.25) is 0 Å². The molecule has 0 spiro atoms. The molecule has 24 heavy (non-hydrogen) atoms. The smallest absolute Gasteiger partial charge is 0.254 e. The summed E-state index contributed by atoms with van der Waals surface area (Å²) in [5, 5.41) is 11.2. The summed E-state index contributed by atoms with van der Waals surface area (Å²) in [6.45, 7) is 0.685. The van der Waals surface area contributed by atoms with Crippen LogP contribution >= 0.6 is 0 Å². The van der Waals surface area contributed by atoms with Crippen LogP contribution in [0.2, 0.25) is 0 Å². The molecule has 6 heteroatoms. The van der Waals surface area contributed by atoms with Crippen molar-refractivity contribution in [3.8, 4) is 11.5 Å². The normalized spacial score (nSPS) is 16.9. The van der Waals surface area contributed by atoms with Gasteiger partial charge in [-0.3, -0.25) is 4.79 Å². The zero-order valence-corrected chi connectivity index (χ0v) is 13.8. The first-order valence-corrected chi connectivity index (χ1v) is 7.85. The first kappa shape index (κ1) is 16.1. The Morgan fingerprint density at radius 3 is 2.62 bits per heavy atom. The van der Waals surface area contributed by atoms with E-state index in [2.05, 4.69) is 0 Å². The lowest BCUT2D eigenvalue weighted by Crippen LogP contribution is -2.32. The van der Waals surface area contributed by atoms with Crippen LogP contribution in [0.1, 0.15) is 34.8 Å². The number of benzene rings is 1. The van der Waals surface area contributed by atoms with Crippen LogP contribution in [0, 0.1) is 5.21 Å². The molecule has 0 radical (unpaired) electrons. The number of methoxy groups -OCH3 is 2. The van der Waals surface area contributed by atoms with E-state index in [9.17, 15) is 10.0 Å². The summed E-state index contributed by atoms with van der Waals surface area (Å²) < 4.78 is 11.4. The fourth-order valence-corrected chi connectivity index (χ4v) is 3.15. The van der Waals surface area contributed by atoms with Crippen molar-refractivity contribution >= 4 is 5.91 Å². The number of aromatic nitrogens is 1. The maximum atomic E-state index is 12.8. The van der Waals surface area contributed by atoms with Crippen LogP contribution in [0.3, 0.4) is 0 Å². The molecule has 1 amide bonds. The van der Waals surface area contributed by atoms with E-state index in [0.29, 0.717) is 22.6 Å². The van der Waals surface area contributed by atoms with E-state index in [1.54, 1.807) is 26.4 Å². The number of rotatable bonds is 4. The molecular weight excluding hydrogens is 308 g/mol. The molecule has 0 N–H and O–H groups in total. The highest BCUT2D eigenvalue weighted by Gasteiger charge is 2.32. The van der Waals surface area contributed by atoms with Crippen LogP contribution in [0.4, 0.5) is 0 Å². The zero-order chi connectivity index (χ0) is 17.1. The van der Waals surface area contributed by atoms with Crippen LogP contribution in [0.15, 0.2) is 42.7 Å². The van der Waals surface area contributed by atoms with Gasteiger partial charge in [-0.1, -0.05) is 0 Å². The second-order valence-corrected chi connectivity index (χ2v) is 5.71. The summed E-state index contributed by atoms with van der Waals surface area (Å²) in [6.07, 6.45) is 4.49. The molecule has 1 aliphatic heterocycles. The molecule has 1 aromatic carbocycles. The quantitative estimate of drug-likeness (QED) is 0.638. The Bertz CT molecular complexity index is 730. The predicted molar refractivity (Wildman–Crippen MR) is 88.0 cm³/mol. The van der Waals surface area contributed by atoms with Crippen molar-refractivity contribution < 1.29 is 19.0 Å². The molecule has 1 aromatic heterocycles. The van der Waals surface area contributed by atoms with Gasteiger partial charge in [0.15, 0.2) is 12.4 Å². The molecule has 6 nitrogen and oxygen atoms in total. The average Bonchev–Trinajstić information content (AvgIpc) is 3.10. The lowest BCUT2D eigenvalue weighted by Gasteiger charge is -2.26. The van der Waals surface area contributed by atoms with Gasteiger partial charge in [0.25, 0.3) is 5.91 Å². The number of pyridine rings is 1. The number of ether oxygens (including phenoxy) is 2. The second kappa shape index (κ2) is 6.78. The molecule has 0 aliphatic carbocycles. The number of hydrogen-bond donors (Lipinski definition) is 0. The van der Waals surface area contributed by atoms with Crippen molar-refractivity contribution in [1.29, 1.82) is 0 Å². The molecule has 2 heterocycles. The molecule has 1 unspecified atom stereocenters. The molecule has 126 valence electrons. The number of likely N-dealkylation sites (tertiary alicyclic amines) is 1. The van der Waals surface area contributed by atoms with Crippen molar-refractivity contribution in [3.05, 3.63) is 59.1 Å². The summed E-state index contributed by atoms with van der Waals surface area (Å²) >= 11 is 0. The third-order valence-corrected chi connectivity index (χ3v) is 4.36. The van der Waals surface area contributed by atoms with Crippen LogP contribution in [0.5, 0.6) is 11.5 Å². The van der Waals surface area contributed by atoms with Crippen molar-refractivity contribution in [1.82, 2.24) is 4.90 Å². The van der Waals surface area contributed by atoms with E-state index in [-0.39, 0.29) is 11.9 Å². The molecule has 1 saturated heterocycles. The number of carbonyl (C=O) groups is 1. The fourth-order valence-electron chi connectivity index (χ4n) is 3.15. The van der Waals surface area contributed by atoms with Gasteiger partial charge in [0.1, 0.15) is 11.5 Å². The Kier molecular flexibility index (Phi) is 4.55. The summed E-state index contributed by atoms with van der Waals surface area (Å²) in [7, 11) is 3.22.